The summed E-state index contributed by atoms with van der Waals surface area (Å²) in [6.07, 6.45) is -2.56. The zero-order valence-corrected chi connectivity index (χ0v) is 46.1. The van der Waals surface area contributed by atoms with Crippen molar-refractivity contribution in [3.05, 3.63) is 107 Å². The number of aromatic nitrogens is 2. The number of carbonyl (C=O) groups excluding carboxylic acids is 3. The Kier molecular flexibility index (Phi) is 19.9. The number of H-pyrrole nitrogens is 1. The number of carboxylic acid groups (broad SMARTS) is 1. The van der Waals surface area contributed by atoms with Crippen LogP contribution in [-0.4, -0.2) is 185 Å². The number of guanidine groups is 1. The van der Waals surface area contributed by atoms with Crippen molar-refractivity contribution in [1.82, 2.24) is 25.7 Å². The topological polar surface area (TPSA) is 413 Å². The van der Waals surface area contributed by atoms with Crippen molar-refractivity contribution in [2.24, 2.45) is 16.6 Å². The number of phenols is 1. The lowest BCUT2D eigenvalue weighted by Crippen LogP contribution is -2.86. The summed E-state index contributed by atoms with van der Waals surface area (Å²) >= 11 is 0. The van der Waals surface area contributed by atoms with Crippen molar-refractivity contribution < 1.29 is 88.6 Å². The monoisotopic (exact) mass is 1170 g/mol. The first-order valence-corrected chi connectivity index (χ1v) is 27.4. The van der Waals surface area contributed by atoms with Gasteiger partial charge in [0.15, 0.2) is 28.7 Å². The summed E-state index contributed by atoms with van der Waals surface area (Å²) < 4.78 is 26.2. The van der Waals surface area contributed by atoms with Crippen LogP contribution in [0.5, 0.6) is 11.5 Å². The lowest BCUT2D eigenvalue weighted by atomic mass is 9.66. The summed E-state index contributed by atoms with van der Waals surface area (Å²) in [4.78, 5) is 79.4. The van der Waals surface area contributed by atoms with Gasteiger partial charge in [0.25, 0.3) is 0 Å². The maximum Gasteiger partial charge on any atom is 0.337 e. The summed E-state index contributed by atoms with van der Waals surface area (Å²) in [5.41, 5.74) is -0.716. The number of ether oxygens (including phenoxy) is 3. The van der Waals surface area contributed by atoms with Gasteiger partial charge < -0.3 is 100 Å². The van der Waals surface area contributed by atoms with Crippen molar-refractivity contribution in [3.63, 3.8) is 0 Å². The Labute approximate surface area is 480 Å². The second-order valence-electron chi connectivity index (χ2n) is 21.2. The number of hydrogen-bond acceptors (Lipinski definition) is 21. The third-order valence-electron chi connectivity index (χ3n) is 15.4. The molecule has 3 aromatic carbocycles. The minimum absolute atomic E-state index is 0.0324. The van der Waals surface area contributed by atoms with E-state index in [-0.39, 0.29) is 66.0 Å². The number of carbonyl (C=O) groups is 4. The van der Waals surface area contributed by atoms with E-state index in [1.165, 1.54) is 59.7 Å². The molecule has 6 aromatic rings. The van der Waals surface area contributed by atoms with Gasteiger partial charge in [0.2, 0.25) is 24.2 Å². The second-order valence-corrected chi connectivity index (χ2v) is 21.2. The maximum atomic E-state index is 14.4. The Morgan fingerprint density at radius 1 is 1.00 bits per heavy atom. The first-order chi connectivity index (χ1) is 40.3. The first kappa shape index (κ1) is 62.3. The molecule has 0 bridgehead atoms. The summed E-state index contributed by atoms with van der Waals surface area (Å²) in [6, 6.07) is 13.0. The molecule has 8 rings (SSSR count). The second kappa shape index (κ2) is 26.9. The van der Waals surface area contributed by atoms with Crippen LogP contribution < -0.4 is 36.7 Å². The number of aryl methyl sites for hydroxylation is 2. The Balaban J connectivity index is 1.32. The van der Waals surface area contributed by atoms with Gasteiger partial charge in [-0.15, -0.1) is 0 Å². The number of aliphatic carboxylic acids is 1. The Morgan fingerprint density at radius 3 is 2.40 bits per heavy atom. The molecule has 0 amide bonds. The van der Waals surface area contributed by atoms with Crippen molar-refractivity contribution >= 4 is 52.3 Å². The number of aliphatic imine (C=N–C) groups is 1. The molecule has 0 radical (unpaired) electrons. The number of aliphatic hydroxyl groups is 7. The normalized spacial score (nSPS) is 23.7. The molecule has 1 aliphatic carbocycles. The van der Waals surface area contributed by atoms with Crippen LogP contribution in [0.3, 0.4) is 0 Å². The van der Waals surface area contributed by atoms with Crippen LogP contribution in [0.15, 0.2) is 99.6 Å². The van der Waals surface area contributed by atoms with Crippen LogP contribution in [0.25, 0.3) is 44.3 Å². The van der Waals surface area contributed by atoms with Crippen molar-refractivity contribution in [2.45, 2.75) is 118 Å². The number of nitrogens with two attached hydrogens (primary N) is 1. The van der Waals surface area contributed by atoms with Crippen LogP contribution in [0.2, 0.25) is 0 Å². The number of hydrogen-bond donors (Lipinski definition) is 14. The summed E-state index contributed by atoms with van der Waals surface area (Å²) in [5.74, 6) is -4.90. The largest absolute Gasteiger partial charge is 0.508 e. The number of nitrogens with zero attached hydrogens (tertiary/aromatic N) is 2. The van der Waals surface area contributed by atoms with Crippen molar-refractivity contribution in [1.29, 1.82) is 0 Å². The SMILES string of the molecule is Cc1cc(C)cc(-c2c3[nH]ccc3cn2O[C@@H]2[C@@H](Oc3ccc4c(=O)c(-c5ccc(O)cc5)coc4c3)O[C@@H]([C@](CO)(NC(N)=N[C@H](C=O)CN[C@@H]3CCCC[C@@H]3CO)OC(=O)[C@H](NCCC=O)C(=O)O)[C@@](O)(CO)[C@]2(O)[C@H](O)CCCO)c1. The summed E-state index contributed by atoms with van der Waals surface area (Å²) in [5, 5.41) is 113. The smallest absolute Gasteiger partial charge is 0.337 e. The van der Waals surface area contributed by atoms with Gasteiger partial charge in [-0.25, -0.2) is 14.6 Å². The van der Waals surface area contributed by atoms with Gasteiger partial charge in [0.05, 0.1) is 35.4 Å². The lowest BCUT2D eigenvalue weighted by molar-refractivity contribution is -0.400. The fourth-order valence-electron chi connectivity index (χ4n) is 11.2. The molecular weight excluding hydrogens is 1100 g/mol. The van der Waals surface area contributed by atoms with E-state index in [0.29, 0.717) is 53.1 Å². The van der Waals surface area contributed by atoms with E-state index in [2.05, 4.69) is 25.9 Å². The molecule has 1 saturated heterocycles. The zero-order valence-electron chi connectivity index (χ0n) is 46.1. The van der Waals surface area contributed by atoms with Gasteiger partial charge in [-0.3, -0.25) is 10.1 Å². The first-order valence-electron chi connectivity index (χ1n) is 27.4. The number of rotatable bonds is 27. The van der Waals surface area contributed by atoms with Crippen LogP contribution >= 0.6 is 0 Å². The predicted molar refractivity (Wildman–Crippen MR) is 301 cm³/mol. The number of aromatic amines is 1. The van der Waals surface area contributed by atoms with Gasteiger partial charge in [-0.05, 0) is 93.5 Å². The van der Waals surface area contributed by atoms with E-state index in [4.69, 9.17) is 29.2 Å². The quantitative estimate of drug-likeness (QED) is 0.00631. The minimum atomic E-state index is -3.53. The number of fused-ring (bicyclic) bond motifs is 2. The zero-order chi connectivity index (χ0) is 60.5. The molecule has 15 N–H and O–H groups in total. The molecule has 0 unspecified atom stereocenters. The fourth-order valence-corrected chi connectivity index (χ4v) is 11.2. The van der Waals surface area contributed by atoms with Crippen LogP contribution in [0.4, 0.5) is 0 Å². The molecule has 452 valence electrons. The summed E-state index contributed by atoms with van der Waals surface area (Å²) in [6.45, 7) is -0.902. The highest BCUT2D eigenvalue weighted by atomic mass is 16.8. The Bertz CT molecular complexity index is 3350. The van der Waals surface area contributed by atoms with E-state index in [9.17, 15) is 69.9 Å². The highest BCUT2D eigenvalue weighted by Gasteiger charge is 2.75. The van der Waals surface area contributed by atoms with Gasteiger partial charge in [-0.1, -0.05) is 42.2 Å². The molecule has 0 spiro atoms. The molecular formula is C58H71N7O19. The number of nitrogens with one attached hydrogen (secondary N) is 4. The van der Waals surface area contributed by atoms with Gasteiger partial charge in [0.1, 0.15) is 54.3 Å². The molecule has 26 heteroatoms. The molecule has 26 nitrogen and oxygen atoms in total. The standard InChI is InChI=1S/C58H71N7O19/c1-32-21-33(2)23-37(22-32)48-46-35(16-18-61-46)26-65(48)84-50-53(81-40-14-15-41-44(24-40)80-29-42(49(41)74)34-10-12-39(72)13-11-34)82-54(56(78,30-70)58(50,79)45(73)9-5-19-66)57(31-71,83-52(77)47(51(75)76)60-17-6-20-67)64-55(59)63-38(28-69)25-62-43-8-4-3-7-36(43)27-68/h10-16,18,20-24,26,28-29,36,38,43,45,47,50,53-54,60-62,66,68,70-73,78-79H,3-9,17,19,25,27,30-31H2,1-2H3,(H,75,76)(H3,59,63,64)/t36-,38+,43-,45-,47-,50-,53+,54-,56+,57-,58+/m1/s1. The third-order valence-corrected chi connectivity index (χ3v) is 15.4. The molecule has 84 heavy (non-hydrogen) atoms. The fraction of sp³-hybridized carbons (Fsp3) is 0.448. The minimum Gasteiger partial charge on any atom is -0.508 e. The Morgan fingerprint density at radius 2 is 1.74 bits per heavy atom. The summed E-state index contributed by atoms with van der Waals surface area (Å²) in [7, 11) is 0. The number of aliphatic hydroxyl groups excluding tert-OH is 5. The third kappa shape index (κ3) is 12.8. The molecule has 2 aliphatic rings. The number of aldehydes is 2. The highest BCUT2D eigenvalue weighted by molar-refractivity contribution is 5.98. The number of phenolic OH excluding ortho intramolecular Hbond substituents is 1. The van der Waals surface area contributed by atoms with Crippen molar-refractivity contribution in [2.75, 3.05) is 39.5 Å². The van der Waals surface area contributed by atoms with Crippen LogP contribution in [0, 0.1) is 19.8 Å². The molecule has 11 atom stereocenters. The van der Waals surface area contributed by atoms with Crippen molar-refractivity contribution in [3.8, 4) is 33.9 Å². The van der Waals surface area contributed by atoms with E-state index >= 15 is 0 Å². The Hall–Kier alpha value is -7.76. The van der Waals surface area contributed by atoms with E-state index in [1.807, 2.05) is 32.0 Å². The predicted octanol–water partition coefficient (Wildman–Crippen LogP) is 0.397. The molecule has 1 saturated carbocycles. The lowest BCUT2D eigenvalue weighted by Gasteiger charge is -2.59. The number of aromatic hydroxyl groups is 1. The van der Waals surface area contributed by atoms with Gasteiger partial charge in [-0.2, -0.15) is 4.73 Å². The number of esters is 1. The molecule has 4 heterocycles. The maximum absolute atomic E-state index is 14.4. The molecule has 1 aliphatic heterocycles. The number of carboxylic acids is 1. The average Bonchev–Trinajstić information content (AvgIpc) is 1.59. The van der Waals surface area contributed by atoms with Crippen LogP contribution in [-0.2, 0) is 28.7 Å². The highest BCUT2D eigenvalue weighted by Crippen LogP contribution is 2.47. The van der Waals surface area contributed by atoms with E-state index < -0.39 is 110 Å². The molecule has 3 aromatic heterocycles. The number of benzene rings is 3. The van der Waals surface area contributed by atoms with E-state index in [1.54, 1.807) is 12.3 Å². The van der Waals surface area contributed by atoms with Crippen LogP contribution in [0.1, 0.15) is 56.1 Å². The van der Waals surface area contributed by atoms with Gasteiger partial charge in [0, 0.05) is 62.0 Å². The van der Waals surface area contributed by atoms with Gasteiger partial charge >= 0.3 is 11.9 Å². The molecule has 2 fully saturated rings. The average molecular weight is 1170 g/mol. The van der Waals surface area contributed by atoms with E-state index in [0.717, 1.165) is 24.0 Å².